The third-order valence-electron chi connectivity index (χ3n) is 2.72. The Morgan fingerprint density at radius 2 is 2.19 bits per heavy atom. The number of thioether (sulfide) groups is 1. The summed E-state index contributed by atoms with van der Waals surface area (Å²) in [7, 11) is 0. The van der Waals surface area contributed by atoms with Crippen molar-refractivity contribution in [1.29, 1.82) is 0 Å². The minimum atomic E-state index is 0.599. The molecule has 0 radical (unpaired) electrons. The van der Waals surface area contributed by atoms with Crippen LogP contribution < -0.4 is 5.73 Å². The zero-order chi connectivity index (χ0) is 11.5. The van der Waals surface area contributed by atoms with Gasteiger partial charge in [0.25, 0.3) is 0 Å². The van der Waals surface area contributed by atoms with Crippen molar-refractivity contribution in [1.82, 2.24) is 4.98 Å². The summed E-state index contributed by atoms with van der Waals surface area (Å²) in [4.78, 5) is 5.27. The first-order valence-electron chi connectivity index (χ1n) is 5.51. The van der Waals surface area contributed by atoms with E-state index < -0.39 is 0 Å². The van der Waals surface area contributed by atoms with Gasteiger partial charge >= 0.3 is 0 Å². The van der Waals surface area contributed by atoms with Gasteiger partial charge in [-0.1, -0.05) is 19.9 Å². The average Bonchev–Trinajstić information content (AvgIpc) is 2.33. The fourth-order valence-corrected chi connectivity index (χ4v) is 2.56. The molecule has 1 heterocycles. The second-order valence-corrected chi connectivity index (χ2v) is 5.39. The first-order valence-corrected chi connectivity index (χ1v) is 6.39. The van der Waals surface area contributed by atoms with Crippen molar-refractivity contribution < 1.29 is 0 Å². The molecule has 0 saturated carbocycles. The fourth-order valence-electron chi connectivity index (χ4n) is 1.58. The average molecular weight is 232 g/mol. The van der Waals surface area contributed by atoms with E-state index in [1.165, 1.54) is 4.90 Å². The number of rotatable bonds is 3. The molecule has 1 aromatic heterocycles. The van der Waals surface area contributed by atoms with Gasteiger partial charge in [-0.2, -0.15) is 0 Å². The summed E-state index contributed by atoms with van der Waals surface area (Å²) in [5, 5.41) is 2.80. The number of pyridine rings is 1. The maximum atomic E-state index is 6.17. The first kappa shape index (κ1) is 11.3. The zero-order valence-corrected chi connectivity index (χ0v) is 10.4. The number of hydrogen-bond acceptors (Lipinski definition) is 3. The van der Waals surface area contributed by atoms with Gasteiger partial charge in [-0.25, -0.2) is 0 Å². The van der Waals surface area contributed by atoms with Gasteiger partial charge in [0.2, 0.25) is 0 Å². The Morgan fingerprint density at radius 1 is 1.38 bits per heavy atom. The normalized spacial score (nSPS) is 12.9. The SMILES string of the molecule is CCC(C)Sc1ccc2cnccc2c1N. The van der Waals surface area contributed by atoms with Crippen LogP contribution in [0, 0.1) is 0 Å². The largest absolute Gasteiger partial charge is 0.397 e. The number of hydrogen-bond donors (Lipinski definition) is 1. The van der Waals surface area contributed by atoms with Crippen LogP contribution >= 0.6 is 11.8 Å². The number of nitrogens with zero attached hydrogens (tertiary/aromatic N) is 1. The van der Waals surface area contributed by atoms with Crippen LogP contribution in [0.25, 0.3) is 10.8 Å². The second kappa shape index (κ2) is 4.74. The van der Waals surface area contributed by atoms with E-state index >= 15 is 0 Å². The number of aromatic nitrogens is 1. The maximum absolute atomic E-state index is 6.17. The van der Waals surface area contributed by atoms with E-state index in [1.807, 2.05) is 24.0 Å². The first-order chi connectivity index (χ1) is 7.72. The van der Waals surface area contributed by atoms with Gasteiger partial charge in [0.1, 0.15) is 0 Å². The Morgan fingerprint density at radius 3 is 2.94 bits per heavy atom. The summed E-state index contributed by atoms with van der Waals surface area (Å²) < 4.78 is 0. The van der Waals surface area contributed by atoms with E-state index in [0.717, 1.165) is 22.9 Å². The lowest BCUT2D eigenvalue weighted by atomic mass is 10.1. The van der Waals surface area contributed by atoms with Crippen molar-refractivity contribution in [2.75, 3.05) is 5.73 Å². The minimum absolute atomic E-state index is 0.599. The summed E-state index contributed by atoms with van der Waals surface area (Å²) in [5.74, 6) is 0. The van der Waals surface area contributed by atoms with Crippen LogP contribution in [0.1, 0.15) is 20.3 Å². The van der Waals surface area contributed by atoms with Gasteiger partial charge in [0.15, 0.2) is 0 Å². The number of fused-ring (bicyclic) bond motifs is 1. The number of anilines is 1. The highest BCUT2D eigenvalue weighted by atomic mass is 32.2. The summed E-state index contributed by atoms with van der Waals surface area (Å²) in [6, 6.07) is 6.16. The van der Waals surface area contributed by atoms with Gasteiger partial charge in [0, 0.05) is 33.3 Å². The number of nitrogen functional groups attached to an aromatic ring is 1. The highest BCUT2D eigenvalue weighted by Gasteiger charge is 2.07. The molecule has 0 fully saturated rings. The highest BCUT2D eigenvalue weighted by molar-refractivity contribution is 8.00. The van der Waals surface area contributed by atoms with Crippen LogP contribution in [-0.4, -0.2) is 10.2 Å². The van der Waals surface area contributed by atoms with Crippen molar-refractivity contribution in [3.63, 3.8) is 0 Å². The smallest absolute Gasteiger partial charge is 0.0533 e. The van der Waals surface area contributed by atoms with Crippen molar-refractivity contribution >= 4 is 28.2 Å². The summed E-state index contributed by atoms with van der Waals surface area (Å²) in [6.07, 6.45) is 4.79. The van der Waals surface area contributed by atoms with Gasteiger partial charge < -0.3 is 5.73 Å². The topological polar surface area (TPSA) is 38.9 Å². The van der Waals surface area contributed by atoms with Crippen molar-refractivity contribution in [3.8, 4) is 0 Å². The molecule has 16 heavy (non-hydrogen) atoms. The molecule has 0 aliphatic carbocycles. The fraction of sp³-hybridized carbons (Fsp3) is 0.308. The van der Waals surface area contributed by atoms with Crippen LogP contribution in [-0.2, 0) is 0 Å². The molecule has 0 spiro atoms. The van der Waals surface area contributed by atoms with Crippen LogP contribution in [0.3, 0.4) is 0 Å². The maximum Gasteiger partial charge on any atom is 0.0533 e. The van der Waals surface area contributed by atoms with Crippen LogP contribution in [0.5, 0.6) is 0 Å². The van der Waals surface area contributed by atoms with E-state index in [9.17, 15) is 0 Å². The molecule has 0 saturated heterocycles. The molecular weight excluding hydrogens is 216 g/mol. The van der Waals surface area contributed by atoms with Gasteiger partial charge in [0.05, 0.1) is 5.69 Å². The molecule has 0 amide bonds. The zero-order valence-electron chi connectivity index (χ0n) is 9.60. The third-order valence-corrected chi connectivity index (χ3v) is 4.07. The molecule has 0 aliphatic heterocycles. The van der Waals surface area contributed by atoms with E-state index in [4.69, 9.17) is 5.73 Å². The molecule has 3 heteroatoms. The predicted octanol–water partition coefficient (Wildman–Crippen LogP) is 3.71. The quantitative estimate of drug-likeness (QED) is 0.647. The molecule has 1 atom stereocenters. The van der Waals surface area contributed by atoms with Gasteiger partial charge in [-0.05, 0) is 18.6 Å². The Kier molecular flexibility index (Phi) is 3.34. The van der Waals surface area contributed by atoms with Gasteiger partial charge in [-0.15, -0.1) is 11.8 Å². The van der Waals surface area contributed by atoms with Crippen molar-refractivity contribution in [2.45, 2.75) is 30.4 Å². The molecular formula is C13H16N2S. The van der Waals surface area contributed by atoms with Crippen molar-refractivity contribution in [2.24, 2.45) is 0 Å². The highest BCUT2D eigenvalue weighted by Crippen LogP contribution is 2.34. The van der Waals surface area contributed by atoms with Crippen LogP contribution in [0.4, 0.5) is 5.69 Å². The third kappa shape index (κ3) is 2.14. The van der Waals surface area contributed by atoms with E-state index in [0.29, 0.717) is 5.25 Å². The molecule has 1 aromatic carbocycles. The summed E-state index contributed by atoms with van der Waals surface area (Å²) in [5.41, 5.74) is 7.05. The molecule has 2 nitrogen and oxygen atoms in total. The second-order valence-electron chi connectivity index (χ2n) is 3.91. The summed E-state index contributed by atoms with van der Waals surface area (Å²) in [6.45, 7) is 4.42. The Labute approximate surface area is 100 Å². The molecule has 0 aliphatic rings. The predicted molar refractivity (Wildman–Crippen MR) is 71.8 cm³/mol. The summed E-state index contributed by atoms with van der Waals surface area (Å²) >= 11 is 1.84. The van der Waals surface area contributed by atoms with Crippen LogP contribution in [0.2, 0.25) is 0 Å². The molecule has 84 valence electrons. The van der Waals surface area contributed by atoms with E-state index in [2.05, 4.69) is 31.0 Å². The Bertz CT molecular complexity index is 496. The van der Waals surface area contributed by atoms with Crippen molar-refractivity contribution in [3.05, 3.63) is 30.6 Å². The minimum Gasteiger partial charge on any atom is -0.397 e. The Hall–Kier alpha value is -1.22. The van der Waals surface area contributed by atoms with Gasteiger partial charge in [-0.3, -0.25) is 4.98 Å². The molecule has 2 rings (SSSR count). The lowest BCUT2D eigenvalue weighted by Gasteiger charge is -2.12. The van der Waals surface area contributed by atoms with E-state index in [1.54, 1.807) is 6.20 Å². The molecule has 0 bridgehead atoms. The molecule has 2 N–H and O–H groups in total. The lowest BCUT2D eigenvalue weighted by molar-refractivity contribution is 0.906. The number of nitrogens with two attached hydrogens (primary N) is 1. The molecule has 2 aromatic rings. The molecule has 1 unspecified atom stereocenters. The monoisotopic (exact) mass is 232 g/mol. The van der Waals surface area contributed by atoms with E-state index in [-0.39, 0.29) is 0 Å². The Balaban J connectivity index is 2.44. The standard InChI is InChI=1S/C13H16N2S/c1-3-9(2)16-12-5-4-10-8-15-7-6-11(10)13(12)14/h4-9H,3,14H2,1-2H3. The number of benzene rings is 1. The lowest BCUT2D eigenvalue weighted by Crippen LogP contribution is -1.96. The van der Waals surface area contributed by atoms with Crippen LogP contribution in [0.15, 0.2) is 35.5 Å².